The average Bonchev–Trinajstić information content (AvgIpc) is 2.66. The third-order valence-electron chi connectivity index (χ3n) is 4.16. The molecule has 26 heavy (non-hydrogen) atoms. The summed E-state index contributed by atoms with van der Waals surface area (Å²) in [6, 6.07) is 17.7. The predicted molar refractivity (Wildman–Crippen MR) is 103 cm³/mol. The molecule has 0 bridgehead atoms. The van der Waals surface area contributed by atoms with Crippen LogP contribution in [0.2, 0.25) is 0 Å². The van der Waals surface area contributed by atoms with Crippen molar-refractivity contribution in [3.05, 3.63) is 83.9 Å². The molecule has 0 spiro atoms. The lowest BCUT2D eigenvalue weighted by atomic mass is 10.0. The van der Waals surface area contributed by atoms with Gasteiger partial charge in [0.05, 0.1) is 17.1 Å². The highest BCUT2D eigenvalue weighted by Crippen LogP contribution is 2.28. The van der Waals surface area contributed by atoms with Crippen molar-refractivity contribution in [3.8, 4) is 0 Å². The van der Waals surface area contributed by atoms with Crippen molar-refractivity contribution >= 4 is 22.7 Å². The SMILES string of the molecule is Cc1cccc(C(Nc2ncnc3nc(N)ccc23)c2ccccn2)c1. The standard InChI is InChI=1S/C20H18N6/c1-13-5-4-6-14(11-13)18(16-7-2-3-10-22-16)26-20-15-8-9-17(21)25-19(15)23-12-24-20/h2-12,18H,1H3,(H3,21,23,24,25,26). The van der Waals surface area contributed by atoms with Crippen LogP contribution in [0.4, 0.5) is 11.6 Å². The van der Waals surface area contributed by atoms with E-state index in [4.69, 9.17) is 5.73 Å². The zero-order chi connectivity index (χ0) is 17.9. The van der Waals surface area contributed by atoms with Gasteiger partial charge in [-0.2, -0.15) is 0 Å². The molecule has 0 saturated heterocycles. The van der Waals surface area contributed by atoms with Crippen molar-refractivity contribution in [2.75, 3.05) is 11.1 Å². The van der Waals surface area contributed by atoms with Crippen molar-refractivity contribution < 1.29 is 0 Å². The van der Waals surface area contributed by atoms with Crippen LogP contribution >= 0.6 is 0 Å². The molecule has 4 rings (SSSR count). The normalized spacial score (nSPS) is 12.0. The predicted octanol–water partition coefficient (Wildman–Crippen LogP) is 3.51. The number of nitrogens with one attached hydrogen (secondary N) is 1. The van der Waals surface area contributed by atoms with Crippen molar-refractivity contribution in [2.24, 2.45) is 0 Å². The van der Waals surface area contributed by atoms with Crippen LogP contribution in [-0.2, 0) is 0 Å². The fourth-order valence-electron chi connectivity index (χ4n) is 2.93. The minimum atomic E-state index is -0.147. The van der Waals surface area contributed by atoms with Gasteiger partial charge in [-0.3, -0.25) is 4.98 Å². The van der Waals surface area contributed by atoms with Crippen LogP contribution in [0.3, 0.4) is 0 Å². The number of aromatic nitrogens is 4. The minimum Gasteiger partial charge on any atom is -0.384 e. The molecule has 1 unspecified atom stereocenters. The van der Waals surface area contributed by atoms with Crippen LogP contribution in [0.25, 0.3) is 11.0 Å². The van der Waals surface area contributed by atoms with Crippen LogP contribution in [0.5, 0.6) is 0 Å². The second kappa shape index (κ2) is 6.76. The quantitative estimate of drug-likeness (QED) is 0.590. The molecule has 4 aromatic rings. The monoisotopic (exact) mass is 342 g/mol. The molecule has 128 valence electrons. The van der Waals surface area contributed by atoms with Gasteiger partial charge >= 0.3 is 0 Å². The number of aryl methyl sites for hydroxylation is 1. The van der Waals surface area contributed by atoms with Crippen molar-refractivity contribution in [1.82, 2.24) is 19.9 Å². The number of nitrogens with zero attached hydrogens (tertiary/aromatic N) is 4. The van der Waals surface area contributed by atoms with Crippen LogP contribution < -0.4 is 11.1 Å². The second-order valence-electron chi connectivity index (χ2n) is 6.08. The number of benzene rings is 1. The number of hydrogen-bond acceptors (Lipinski definition) is 6. The number of pyridine rings is 2. The summed E-state index contributed by atoms with van der Waals surface area (Å²) in [6.07, 6.45) is 3.28. The molecule has 1 aromatic carbocycles. The lowest BCUT2D eigenvalue weighted by Gasteiger charge is -2.20. The number of nitrogen functional groups attached to an aromatic ring is 1. The van der Waals surface area contributed by atoms with E-state index in [1.54, 1.807) is 12.3 Å². The van der Waals surface area contributed by atoms with E-state index in [-0.39, 0.29) is 6.04 Å². The van der Waals surface area contributed by atoms with Crippen molar-refractivity contribution in [3.63, 3.8) is 0 Å². The number of anilines is 2. The Hall–Kier alpha value is -3.54. The molecule has 0 fully saturated rings. The third-order valence-corrected chi connectivity index (χ3v) is 4.16. The molecule has 1 atom stereocenters. The molecular weight excluding hydrogens is 324 g/mol. The first kappa shape index (κ1) is 16.0. The number of rotatable bonds is 4. The van der Waals surface area contributed by atoms with Crippen molar-refractivity contribution in [2.45, 2.75) is 13.0 Å². The van der Waals surface area contributed by atoms with E-state index < -0.39 is 0 Å². The fourth-order valence-corrected chi connectivity index (χ4v) is 2.93. The van der Waals surface area contributed by atoms with Gasteiger partial charge in [-0.25, -0.2) is 15.0 Å². The topological polar surface area (TPSA) is 89.6 Å². The van der Waals surface area contributed by atoms with E-state index in [9.17, 15) is 0 Å². The molecule has 0 aliphatic rings. The molecule has 0 saturated carbocycles. The summed E-state index contributed by atoms with van der Waals surface area (Å²) in [7, 11) is 0. The maximum Gasteiger partial charge on any atom is 0.166 e. The van der Waals surface area contributed by atoms with Crippen LogP contribution in [0, 0.1) is 6.92 Å². The van der Waals surface area contributed by atoms with E-state index in [1.807, 2.05) is 30.3 Å². The molecule has 6 heteroatoms. The molecule has 0 radical (unpaired) electrons. The number of hydrogen-bond donors (Lipinski definition) is 2. The summed E-state index contributed by atoms with van der Waals surface area (Å²) in [6.45, 7) is 2.08. The molecule has 3 heterocycles. The van der Waals surface area contributed by atoms with Gasteiger partial charge in [0, 0.05) is 6.20 Å². The largest absolute Gasteiger partial charge is 0.384 e. The van der Waals surface area contributed by atoms with Crippen LogP contribution in [0.15, 0.2) is 67.1 Å². The lowest BCUT2D eigenvalue weighted by Crippen LogP contribution is -2.15. The van der Waals surface area contributed by atoms with E-state index in [0.717, 1.165) is 16.6 Å². The summed E-state index contributed by atoms with van der Waals surface area (Å²) >= 11 is 0. The summed E-state index contributed by atoms with van der Waals surface area (Å²) in [5, 5.41) is 4.32. The van der Waals surface area contributed by atoms with Crippen LogP contribution in [0.1, 0.15) is 22.9 Å². The highest BCUT2D eigenvalue weighted by atomic mass is 15.1. The average molecular weight is 342 g/mol. The zero-order valence-corrected chi connectivity index (χ0v) is 14.3. The van der Waals surface area contributed by atoms with Gasteiger partial charge in [0.25, 0.3) is 0 Å². The fraction of sp³-hybridized carbons (Fsp3) is 0.100. The summed E-state index contributed by atoms with van der Waals surface area (Å²) in [5.74, 6) is 1.13. The Morgan fingerprint density at radius 3 is 2.69 bits per heavy atom. The lowest BCUT2D eigenvalue weighted by molar-refractivity contribution is 0.877. The highest BCUT2D eigenvalue weighted by Gasteiger charge is 2.17. The Morgan fingerprint density at radius 2 is 1.88 bits per heavy atom. The Bertz CT molecular complexity index is 1050. The first-order valence-electron chi connectivity index (χ1n) is 8.32. The number of fused-ring (bicyclic) bond motifs is 1. The van der Waals surface area contributed by atoms with E-state index >= 15 is 0 Å². The summed E-state index contributed by atoms with van der Waals surface area (Å²) < 4.78 is 0. The Labute approximate surface area is 151 Å². The summed E-state index contributed by atoms with van der Waals surface area (Å²) in [4.78, 5) is 17.4. The number of nitrogens with two attached hydrogens (primary N) is 1. The van der Waals surface area contributed by atoms with Crippen molar-refractivity contribution in [1.29, 1.82) is 0 Å². The maximum absolute atomic E-state index is 5.77. The molecular formula is C20H18N6. The van der Waals surface area contributed by atoms with Gasteiger partial charge in [-0.15, -0.1) is 0 Å². The third kappa shape index (κ3) is 3.17. The first-order chi connectivity index (χ1) is 12.7. The maximum atomic E-state index is 5.77. The molecule has 0 aliphatic heterocycles. The minimum absolute atomic E-state index is 0.147. The molecule has 3 N–H and O–H groups in total. The van der Waals surface area contributed by atoms with E-state index in [0.29, 0.717) is 17.3 Å². The smallest absolute Gasteiger partial charge is 0.166 e. The van der Waals surface area contributed by atoms with E-state index in [2.05, 4.69) is 50.4 Å². The first-order valence-corrected chi connectivity index (χ1v) is 8.32. The Balaban J connectivity index is 1.81. The second-order valence-corrected chi connectivity index (χ2v) is 6.08. The zero-order valence-electron chi connectivity index (χ0n) is 14.3. The van der Waals surface area contributed by atoms with E-state index in [1.165, 1.54) is 11.9 Å². The van der Waals surface area contributed by atoms with Gasteiger partial charge in [-0.1, -0.05) is 35.9 Å². The van der Waals surface area contributed by atoms with Gasteiger partial charge in [0.1, 0.15) is 18.0 Å². The van der Waals surface area contributed by atoms with Gasteiger partial charge in [0.2, 0.25) is 0 Å². The van der Waals surface area contributed by atoms with Gasteiger partial charge in [-0.05, 0) is 36.8 Å². The molecule has 3 aromatic heterocycles. The Kier molecular flexibility index (Phi) is 4.15. The van der Waals surface area contributed by atoms with Gasteiger partial charge in [0.15, 0.2) is 5.65 Å². The molecule has 0 amide bonds. The van der Waals surface area contributed by atoms with Crippen LogP contribution in [-0.4, -0.2) is 19.9 Å². The Morgan fingerprint density at radius 1 is 0.962 bits per heavy atom. The molecule has 0 aliphatic carbocycles. The highest BCUT2D eigenvalue weighted by molar-refractivity contribution is 5.87. The van der Waals surface area contributed by atoms with Gasteiger partial charge < -0.3 is 11.1 Å². The summed E-state index contributed by atoms with van der Waals surface area (Å²) in [5.41, 5.74) is 9.54. The molecule has 6 nitrogen and oxygen atoms in total.